The molecule has 0 amide bonds. The summed E-state index contributed by atoms with van der Waals surface area (Å²) in [5.41, 5.74) is 4.43. The van der Waals surface area contributed by atoms with E-state index in [-0.39, 0.29) is 11.2 Å². The molecular formula is C28H32N8O2. The molecule has 0 N–H and O–H groups in total. The van der Waals surface area contributed by atoms with Crippen molar-refractivity contribution >= 4 is 11.2 Å². The third kappa shape index (κ3) is 4.57. The topological polar surface area (TPSA) is 105 Å². The molecule has 0 aliphatic heterocycles. The van der Waals surface area contributed by atoms with Gasteiger partial charge in [0.1, 0.15) is 12.2 Å². The first-order valence-electron chi connectivity index (χ1n) is 13.2. The van der Waals surface area contributed by atoms with Crippen LogP contribution >= 0.6 is 0 Å². The van der Waals surface area contributed by atoms with Gasteiger partial charge in [0.05, 0.1) is 5.69 Å². The van der Waals surface area contributed by atoms with E-state index < -0.39 is 0 Å². The summed E-state index contributed by atoms with van der Waals surface area (Å²) in [6, 6.07) is 16.2. The first-order chi connectivity index (χ1) is 18.6. The quantitative estimate of drug-likeness (QED) is 0.282. The maximum atomic E-state index is 13.6. The summed E-state index contributed by atoms with van der Waals surface area (Å²) in [5, 5.41) is 11.6. The van der Waals surface area contributed by atoms with Crippen LogP contribution in [-0.4, -0.2) is 38.9 Å². The van der Waals surface area contributed by atoms with Gasteiger partial charge in [-0.1, -0.05) is 63.2 Å². The predicted molar refractivity (Wildman–Crippen MR) is 147 cm³/mol. The largest absolute Gasteiger partial charge is 0.332 e. The Hall–Kier alpha value is -4.34. The van der Waals surface area contributed by atoms with Crippen molar-refractivity contribution in [2.45, 2.75) is 66.1 Å². The van der Waals surface area contributed by atoms with Crippen molar-refractivity contribution in [2.75, 3.05) is 0 Å². The molecule has 0 unspecified atom stereocenters. The molecule has 10 nitrogen and oxygen atoms in total. The standard InChI is InChI=1S/C28H32N8O2/c1-4-9-24-30-26-25(27(37)34(17-6-3)28(38)33(26)16-5-2)35(24)18-20-12-14-21(15-13-20)22-10-7-8-11-23(22)36-19-29-31-32-36/h7-8,10-15,19H,4-6,9,16-18H2,1-3H3. The van der Waals surface area contributed by atoms with Crippen LogP contribution in [0.3, 0.4) is 0 Å². The molecule has 3 heterocycles. The lowest BCUT2D eigenvalue weighted by Gasteiger charge is -2.13. The Morgan fingerprint density at radius 1 is 0.816 bits per heavy atom. The number of para-hydroxylation sites is 1. The van der Waals surface area contributed by atoms with Crippen LogP contribution in [-0.2, 0) is 26.1 Å². The van der Waals surface area contributed by atoms with Gasteiger partial charge >= 0.3 is 5.69 Å². The van der Waals surface area contributed by atoms with Crippen LogP contribution in [0.15, 0.2) is 64.4 Å². The van der Waals surface area contributed by atoms with Gasteiger partial charge in [0.25, 0.3) is 5.56 Å². The number of fused-ring (bicyclic) bond motifs is 1. The number of tetrazole rings is 1. The molecule has 5 aromatic rings. The lowest BCUT2D eigenvalue weighted by molar-refractivity contribution is 0.554. The zero-order chi connectivity index (χ0) is 26.6. The van der Waals surface area contributed by atoms with E-state index in [1.165, 1.54) is 4.57 Å². The molecule has 0 aliphatic carbocycles. The van der Waals surface area contributed by atoms with Gasteiger partial charge in [0.2, 0.25) is 0 Å². The molecule has 2 aromatic carbocycles. The predicted octanol–water partition coefficient (Wildman–Crippen LogP) is 3.82. The lowest BCUT2D eigenvalue weighted by Crippen LogP contribution is -2.40. The molecule has 0 spiro atoms. The van der Waals surface area contributed by atoms with Crippen LogP contribution in [0.2, 0.25) is 0 Å². The minimum atomic E-state index is -0.274. The molecule has 0 radical (unpaired) electrons. The fourth-order valence-corrected chi connectivity index (χ4v) is 4.93. The summed E-state index contributed by atoms with van der Waals surface area (Å²) >= 11 is 0. The molecule has 0 bridgehead atoms. The average Bonchev–Trinajstić information content (AvgIpc) is 3.59. The van der Waals surface area contributed by atoms with Gasteiger partial charge in [-0.25, -0.2) is 9.78 Å². The Labute approximate surface area is 220 Å². The first kappa shape index (κ1) is 25.3. The Morgan fingerprint density at radius 3 is 2.24 bits per heavy atom. The van der Waals surface area contributed by atoms with Gasteiger partial charge in [0.15, 0.2) is 11.2 Å². The summed E-state index contributed by atoms with van der Waals surface area (Å²) in [6.07, 6.45) is 4.67. The van der Waals surface area contributed by atoms with Crippen LogP contribution in [0.5, 0.6) is 0 Å². The molecule has 3 aromatic heterocycles. The number of nitrogens with zero attached hydrogens (tertiary/aromatic N) is 8. The Bertz CT molecular complexity index is 1660. The van der Waals surface area contributed by atoms with E-state index >= 15 is 0 Å². The van der Waals surface area contributed by atoms with Crippen molar-refractivity contribution in [3.05, 3.63) is 87.1 Å². The van der Waals surface area contributed by atoms with Crippen molar-refractivity contribution in [1.29, 1.82) is 0 Å². The smallest absolute Gasteiger partial charge is 0.318 e. The highest BCUT2D eigenvalue weighted by atomic mass is 16.2. The van der Waals surface area contributed by atoms with Crippen molar-refractivity contribution < 1.29 is 0 Å². The van der Waals surface area contributed by atoms with Crippen molar-refractivity contribution in [2.24, 2.45) is 0 Å². The fourth-order valence-electron chi connectivity index (χ4n) is 4.93. The average molecular weight is 513 g/mol. The second kappa shape index (κ2) is 11.0. The van der Waals surface area contributed by atoms with Crippen molar-refractivity contribution in [3.63, 3.8) is 0 Å². The van der Waals surface area contributed by atoms with Crippen LogP contribution in [0.4, 0.5) is 0 Å². The molecule has 38 heavy (non-hydrogen) atoms. The molecular weight excluding hydrogens is 480 g/mol. The number of rotatable bonds is 10. The number of imidazole rings is 1. The van der Waals surface area contributed by atoms with E-state index in [2.05, 4.69) is 46.7 Å². The maximum absolute atomic E-state index is 13.6. The van der Waals surface area contributed by atoms with E-state index in [4.69, 9.17) is 4.98 Å². The normalized spacial score (nSPS) is 11.4. The summed E-state index contributed by atoms with van der Waals surface area (Å²) in [7, 11) is 0. The summed E-state index contributed by atoms with van der Waals surface area (Å²) in [5.74, 6) is 0.825. The first-order valence-corrected chi connectivity index (χ1v) is 13.2. The Morgan fingerprint density at radius 2 is 1.55 bits per heavy atom. The zero-order valence-corrected chi connectivity index (χ0v) is 22.0. The monoisotopic (exact) mass is 512 g/mol. The van der Waals surface area contributed by atoms with Gasteiger partial charge < -0.3 is 4.57 Å². The minimum Gasteiger partial charge on any atom is -0.318 e. The van der Waals surface area contributed by atoms with Crippen LogP contribution < -0.4 is 11.2 Å². The van der Waals surface area contributed by atoms with Gasteiger partial charge in [-0.05, 0) is 46.9 Å². The van der Waals surface area contributed by atoms with Gasteiger partial charge in [-0.15, -0.1) is 5.10 Å². The summed E-state index contributed by atoms with van der Waals surface area (Å²) in [6.45, 7) is 7.50. The molecule has 0 atom stereocenters. The highest BCUT2D eigenvalue weighted by molar-refractivity contribution is 5.73. The van der Waals surface area contributed by atoms with E-state index in [1.807, 2.05) is 42.7 Å². The van der Waals surface area contributed by atoms with E-state index in [0.717, 1.165) is 47.5 Å². The van der Waals surface area contributed by atoms with Crippen LogP contribution in [0.25, 0.3) is 28.0 Å². The third-order valence-corrected chi connectivity index (χ3v) is 6.67. The molecule has 5 rings (SSSR count). The number of benzene rings is 2. The molecule has 0 saturated heterocycles. The highest BCUT2D eigenvalue weighted by Gasteiger charge is 2.21. The molecule has 10 heteroatoms. The summed E-state index contributed by atoms with van der Waals surface area (Å²) < 4.78 is 6.68. The molecule has 0 aliphatic rings. The van der Waals surface area contributed by atoms with Gasteiger partial charge in [-0.3, -0.25) is 13.9 Å². The van der Waals surface area contributed by atoms with Gasteiger partial charge in [-0.2, -0.15) is 4.68 Å². The second-order valence-electron chi connectivity index (χ2n) is 9.40. The van der Waals surface area contributed by atoms with Crippen molar-refractivity contribution in [3.8, 4) is 16.8 Å². The van der Waals surface area contributed by atoms with Crippen LogP contribution in [0, 0.1) is 0 Å². The Kier molecular flexibility index (Phi) is 7.30. The zero-order valence-electron chi connectivity index (χ0n) is 22.0. The molecule has 196 valence electrons. The van der Waals surface area contributed by atoms with E-state index in [1.54, 1.807) is 15.6 Å². The van der Waals surface area contributed by atoms with E-state index in [9.17, 15) is 9.59 Å². The van der Waals surface area contributed by atoms with Gasteiger partial charge in [0, 0.05) is 31.6 Å². The number of aryl methyl sites for hydroxylation is 2. The third-order valence-electron chi connectivity index (χ3n) is 6.67. The SMILES string of the molecule is CCCc1nc2c(c(=O)n(CCC)c(=O)n2CCC)n1Cc1ccc(-c2ccccc2-n2cnnn2)cc1. The van der Waals surface area contributed by atoms with E-state index in [0.29, 0.717) is 37.2 Å². The number of hydrogen-bond donors (Lipinski definition) is 0. The minimum absolute atomic E-state index is 0.263. The molecule has 0 fully saturated rings. The maximum Gasteiger partial charge on any atom is 0.332 e. The van der Waals surface area contributed by atoms with Crippen molar-refractivity contribution in [1.82, 2.24) is 38.9 Å². The van der Waals surface area contributed by atoms with Crippen LogP contribution in [0.1, 0.15) is 51.4 Å². The highest BCUT2D eigenvalue weighted by Crippen LogP contribution is 2.27. The number of hydrogen-bond acceptors (Lipinski definition) is 6. The summed E-state index contributed by atoms with van der Waals surface area (Å²) in [4.78, 5) is 31.6. The second-order valence-corrected chi connectivity index (χ2v) is 9.40. The number of aromatic nitrogens is 8. The Balaban J connectivity index is 1.59. The fraction of sp³-hybridized carbons (Fsp3) is 0.357. The lowest BCUT2D eigenvalue weighted by atomic mass is 10.0. The molecule has 0 saturated carbocycles.